The molecule has 1 aliphatic heterocycles. The van der Waals surface area contributed by atoms with Gasteiger partial charge in [0, 0.05) is 5.02 Å². The molecule has 4 rings (SSSR count). The predicted octanol–water partition coefficient (Wildman–Crippen LogP) is 2.83. The van der Waals surface area contributed by atoms with E-state index in [-0.39, 0.29) is 12.3 Å². The van der Waals surface area contributed by atoms with Crippen LogP contribution in [-0.2, 0) is 28.9 Å². The second-order valence-electron chi connectivity index (χ2n) is 5.90. The third-order valence-corrected chi connectivity index (χ3v) is 6.09. The number of anilines is 1. The van der Waals surface area contributed by atoms with Gasteiger partial charge in [0.25, 0.3) is 0 Å². The van der Waals surface area contributed by atoms with Gasteiger partial charge in [0.05, 0.1) is 36.4 Å². The molecule has 128 valence electrons. The molecule has 25 heavy (non-hydrogen) atoms. The third kappa shape index (κ3) is 3.12. The van der Waals surface area contributed by atoms with Crippen LogP contribution >= 0.6 is 11.6 Å². The first-order valence-corrected chi connectivity index (χ1v) is 9.72. The number of sulfonamides is 1. The van der Waals surface area contributed by atoms with E-state index in [1.165, 1.54) is 4.31 Å². The van der Waals surface area contributed by atoms with E-state index in [4.69, 9.17) is 11.6 Å². The molecule has 0 radical (unpaired) electrons. The number of para-hydroxylation sites is 1. The van der Waals surface area contributed by atoms with Crippen LogP contribution in [0, 0.1) is 0 Å². The first-order valence-electron chi connectivity index (χ1n) is 7.73. The van der Waals surface area contributed by atoms with E-state index in [9.17, 15) is 8.42 Å². The van der Waals surface area contributed by atoms with Crippen LogP contribution in [0.2, 0.25) is 5.02 Å². The number of hydrogen-bond donors (Lipinski definition) is 0. The van der Waals surface area contributed by atoms with Crippen LogP contribution in [-0.4, -0.2) is 23.4 Å². The summed E-state index contributed by atoms with van der Waals surface area (Å²) in [5.41, 5.74) is 2.98. The van der Waals surface area contributed by atoms with Gasteiger partial charge >= 0.3 is 0 Å². The Morgan fingerprint density at radius 1 is 1.08 bits per heavy atom. The molecular formula is C17H15ClN4O2S. The summed E-state index contributed by atoms with van der Waals surface area (Å²) in [6, 6.07) is 14.4. The number of fused-ring (bicyclic) bond motifs is 2. The van der Waals surface area contributed by atoms with Crippen LogP contribution in [0.25, 0.3) is 0 Å². The number of nitrogens with zero attached hydrogens (tertiary/aromatic N) is 4. The molecule has 8 heteroatoms. The molecule has 0 unspecified atom stereocenters. The Hall–Kier alpha value is -2.38. The van der Waals surface area contributed by atoms with Gasteiger partial charge in [-0.3, -0.25) is 4.31 Å². The first-order chi connectivity index (χ1) is 12.0. The first kappa shape index (κ1) is 16.1. The minimum absolute atomic E-state index is 0.122. The number of benzene rings is 2. The summed E-state index contributed by atoms with van der Waals surface area (Å²) in [7, 11) is -3.60. The van der Waals surface area contributed by atoms with E-state index >= 15 is 0 Å². The van der Waals surface area contributed by atoms with Crippen molar-refractivity contribution in [3.8, 4) is 0 Å². The molecular weight excluding hydrogens is 360 g/mol. The van der Waals surface area contributed by atoms with Crippen molar-refractivity contribution in [2.45, 2.75) is 18.8 Å². The van der Waals surface area contributed by atoms with Crippen molar-refractivity contribution in [3.05, 3.63) is 76.6 Å². The number of rotatable bonds is 3. The van der Waals surface area contributed by atoms with Crippen molar-refractivity contribution in [3.63, 3.8) is 0 Å². The molecule has 3 aromatic rings. The van der Waals surface area contributed by atoms with Gasteiger partial charge in [0.2, 0.25) is 10.0 Å². The highest BCUT2D eigenvalue weighted by Crippen LogP contribution is 2.30. The molecule has 6 nitrogen and oxygen atoms in total. The van der Waals surface area contributed by atoms with Gasteiger partial charge in [-0.1, -0.05) is 47.1 Å². The zero-order valence-electron chi connectivity index (χ0n) is 13.2. The fraction of sp³-hybridized carbons (Fsp3) is 0.176. The Morgan fingerprint density at radius 3 is 2.76 bits per heavy atom. The Balaban J connectivity index is 1.77. The van der Waals surface area contributed by atoms with Gasteiger partial charge in [0.1, 0.15) is 0 Å². The van der Waals surface area contributed by atoms with Gasteiger partial charge in [-0.15, -0.1) is 5.10 Å². The van der Waals surface area contributed by atoms with Crippen LogP contribution < -0.4 is 4.31 Å². The Kier molecular flexibility index (Phi) is 3.97. The summed E-state index contributed by atoms with van der Waals surface area (Å²) in [6.07, 6.45) is 1.60. The maximum absolute atomic E-state index is 13.1. The second kappa shape index (κ2) is 6.16. The van der Waals surface area contributed by atoms with Gasteiger partial charge in [-0.05, 0) is 29.3 Å². The summed E-state index contributed by atoms with van der Waals surface area (Å²) >= 11 is 5.99. The molecule has 0 aliphatic carbocycles. The quantitative estimate of drug-likeness (QED) is 0.707. The largest absolute Gasteiger partial charge is 0.264 e. The predicted molar refractivity (Wildman–Crippen MR) is 95.8 cm³/mol. The third-order valence-electron chi connectivity index (χ3n) is 4.16. The molecule has 0 saturated carbocycles. The molecule has 2 heterocycles. The van der Waals surface area contributed by atoms with E-state index in [0.717, 1.165) is 11.3 Å². The topological polar surface area (TPSA) is 68.1 Å². The summed E-state index contributed by atoms with van der Waals surface area (Å²) in [4.78, 5) is 0. The fourth-order valence-corrected chi connectivity index (χ4v) is 4.76. The Morgan fingerprint density at radius 2 is 1.92 bits per heavy atom. The van der Waals surface area contributed by atoms with Crippen molar-refractivity contribution in [2.24, 2.45) is 0 Å². The van der Waals surface area contributed by atoms with Crippen LogP contribution in [0.5, 0.6) is 0 Å². The summed E-state index contributed by atoms with van der Waals surface area (Å²) < 4.78 is 29.5. The summed E-state index contributed by atoms with van der Waals surface area (Å²) in [5, 5.41) is 8.48. The lowest BCUT2D eigenvalue weighted by atomic mass is 10.2. The van der Waals surface area contributed by atoms with Gasteiger partial charge in [0.15, 0.2) is 0 Å². The molecule has 0 fully saturated rings. The Labute approximate surface area is 150 Å². The van der Waals surface area contributed by atoms with Gasteiger partial charge < -0.3 is 0 Å². The molecule has 0 atom stereocenters. The van der Waals surface area contributed by atoms with Gasteiger partial charge in [-0.25, -0.2) is 13.1 Å². The smallest absolute Gasteiger partial charge is 0.239 e. The average Bonchev–Trinajstić information content (AvgIpc) is 2.93. The van der Waals surface area contributed by atoms with Crippen LogP contribution in [0.15, 0.2) is 54.7 Å². The second-order valence-corrected chi connectivity index (χ2v) is 8.23. The summed E-state index contributed by atoms with van der Waals surface area (Å²) in [5.74, 6) is -0.122. The van der Waals surface area contributed by atoms with E-state index in [2.05, 4.69) is 10.3 Å². The van der Waals surface area contributed by atoms with Crippen LogP contribution in [0.4, 0.5) is 5.69 Å². The lowest BCUT2D eigenvalue weighted by molar-refractivity contribution is 0.587. The van der Waals surface area contributed by atoms with Gasteiger partial charge in [-0.2, -0.15) is 0 Å². The molecule has 2 aromatic carbocycles. The standard InChI is InChI=1S/C17H15ClN4O2S/c18-15-6-3-4-13(8-15)12-25(23,24)22-11-16-9-19-20-21(16)10-14-5-1-2-7-17(14)22/h1-9H,10-12H2. The SMILES string of the molecule is O=S(=O)(Cc1cccc(Cl)c1)N1Cc2cnnn2Cc2ccccc21. The zero-order valence-corrected chi connectivity index (χ0v) is 14.8. The zero-order chi connectivity index (χ0) is 17.4. The van der Waals surface area contributed by atoms with Crippen molar-refractivity contribution < 1.29 is 8.42 Å². The van der Waals surface area contributed by atoms with Crippen molar-refractivity contribution in [1.82, 2.24) is 15.0 Å². The van der Waals surface area contributed by atoms with E-state index < -0.39 is 10.0 Å². The number of halogens is 1. The highest BCUT2D eigenvalue weighted by molar-refractivity contribution is 7.92. The lowest BCUT2D eigenvalue weighted by Gasteiger charge is -2.24. The minimum atomic E-state index is -3.60. The van der Waals surface area contributed by atoms with Crippen molar-refractivity contribution >= 4 is 27.3 Å². The normalized spacial score (nSPS) is 13.9. The highest BCUT2D eigenvalue weighted by Gasteiger charge is 2.29. The number of hydrogen-bond acceptors (Lipinski definition) is 4. The highest BCUT2D eigenvalue weighted by atomic mass is 35.5. The number of aromatic nitrogens is 3. The maximum atomic E-state index is 13.1. The average molecular weight is 375 g/mol. The molecule has 0 amide bonds. The molecule has 1 aromatic heterocycles. The van der Waals surface area contributed by atoms with E-state index in [1.54, 1.807) is 35.1 Å². The molecule has 0 spiro atoms. The molecule has 0 bridgehead atoms. The van der Waals surface area contributed by atoms with Crippen LogP contribution in [0.1, 0.15) is 16.8 Å². The van der Waals surface area contributed by atoms with E-state index in [1.807, 2.05) is 24.3 Å². The molecule has 1 aliphatic rings. The van der Waals surface area contributed by atoms with Crippen molar-refractivity contribution in [2.75, 3.05) is 4.31 Å². The van der Waals surface area contributed by atoms with Crippen molar-refractivity contribution in [1.29, 1.82) is 0 Å². The van der Waals surface area contributed by atoms with E-state index in [0.29, 0.717) is 22.8 Å². The molecule has 0 N–H and O–H groups in total. The van der Waals surface area contributed by atoms with Crippen LogP contribution in [0.3, 0.4) is 0 Å². The fourth-order valence-electron chi connectivity index (χ4n) is 2.98. The minimum Gasteiger partial charge on any atom is -0.264 e. The monoisotopic (exact) mass is 374 g/mol. The summed E-state index contributed by atoms with van der Waals surface area (Å²) in [6.45, 7) is 0.696. The maximum Gasteiger partial charge on any atom is 0.239 e. The lowest BCUT2D eigenvalue weighted by Crippen LogP contribution is -2.31. The Bertz CT molecular complexity index is 1030. The molecule has 0 saturated heterocycles.